The van der Waals surface area contributed by atoms with Crippen LogP contribution >= 0.6 is 0 Å². The second kappa shape index (κ2) is 10.2. The van der Waals surface area contributed by atoms with Crippen LogP contribution in [0, 0.1) is 0 Å². The molecule has 0 unspecified atom stereocenters. The highest BCUT2D eigenvalue weighted by atomic mass is 32.2. The van der Waals surface area contributed by atoms with Crippen molar-refractivity contribution in [2.45, 2.75) is 63.6 Å². The largest absolute Gasteiger partial charge is 0.335 e. The number of nitrogens with zero attached hydrogens (tertiary/aromatic N) is 1. The van der Waals surface area contributed by atoms with E-state index >= 15 is 0 Å². The fraction of sp³-hybridized carbons (Fsp3) is 0.500. The van der Waals surface area contributed by atoms with Crippen molar-refractivity contribution in [1.82, 2.24) is 10.2 Å². The lowest BCUT2D eigenvalue weighted by Crippen LogP contribution is -2.51. The maximum Gasteiger partial charge on any atom is 0.237 e. The van der Waals surface area contributed by atoms with Crippen LogP contribution in [0.3, 0.4) is 0 Å². The summed E-state index contributed by atoms with van der Waals surface area (Å²) in [7, 11) is -3.03. The van der Waals surface area contributed by atoms with Gasteiger partial charge < -0.3 is 10.2 Å². The number of nitrogens with one attached hydrogen (secondary N) is 1. The Morgan fingerprint density at radius 2 is 1.59 bits per heavy atom. The Bertz CT molecular complexity index is 999. The first-order chi connectivity index (χ1) is 15.4. The topological polar surface area (TPSA) is 66.5 Å². The fourth-order valence-electron chi connectivity index (χ4n) is 5.10. The number of benzene rings is 2. The first-order valence-corrected chi connectivity index (χ1v) is 13.7. The van der Waals surface area contributed by atoms with Gasteiger partial charge in [0.25, 0.3) is 0 Å². The van der Waals surface area contributed by atoms with Crippen LogP contribution in [-0.4, -0.2) is 49.4 Å². The van der Waals surface area contributed by atoms with Crippen LogP contribution in [0.4, 0.5) is 0 Å². The van der Waals surface area contributed by atoms with Crippen molar-refractivity contribution in [3.63, 3.8) is 0 Å². The van der Waals surface area contributed by atoms with E-state index in [4.69, 9.17) is 0 Å². The number of rotatable bonds is 7. The van der Waals surface area contributed by atoms with E-state index in [0.717, 1.165) is 31.2 Å². The van der Waals surface area contributed by atoms with Crippen LogP contribution in [0.5, 0.6) is 0 Å². The van der Waals surface area contributed by atoms with Gasteiger partial charge in [0.15, 0.2) is 9.84 Å². The van der Waals surface area contributed by atoms with E-state index in [9.17, 15) is 13.2 Å². The zero-order valence-corrected chi connectivity index (χ0v) is 19.7. The highest BCUT2D eigenvalue weighted by Gasteiger charge is 2.38. The smallest absolute Gasteiger partial charge is 0.237 e. The second-order valence-electron chi connectivity index (χ2n) is 9.24. The molecule has 5 nitrogen and oxygen atoms in total. The van der Waals surface area contributed by atoms with E-state index in [2.05, 4.69) is 48.6 Å². The lowest BCUT2D eigenvalue weighted by molar-refractivity contribution is -0.135. The summed E-state index contributed by atoms with van der Waals surface area (Å²) in [6.07, 6.45) is 5.98. The predicted molar refractivity (Wildman–Crippen MR) is 129 cm³/mol. The molecule has 1 heterocycles. The molecule has 0 radical (unpaired) electrons. The molecule has 2 fully saturated rings. The van der Waals surface area contributed by atoms with Gasteiger partial charge in [0.05, 0.1) is 18.1 Å². The molecule has 2 aromatic carbocycles. The average Bonchev–Trinajstić information content (AvgIpc) is 3.18. The van der Waals surface area contributed by atoms with E-state index in [1.165, 1.54) is 17.5 Å². The molecular formula is C26H34N2O3S. The molecule has 2 atom stereocenters. The Balaban J connectivity index is 1.39. The molecular weight excluding hydrogens is 420 g/mol. The quantitative estimate of drug-likeness (QED) is 0.675. The highest BCUT2D eigenvalue weighted by Crippen LogP contribution is 2.28. The van der Waals surface area contributed by atoms with Crippen LogP contribution in [0.1, 0.15) is 57.1 Å². The van der Waals surface area contributed by atoms with E-state index < -0.39 is 9.84 Å². The zero-order chi connectivity index (χ0) is 22.6. The normalized spacial score (nSPS) is 21.8. The van der Waals surface area contributed by atoms with Gasteiger partial charge >= 0.3 is 0 Å². The standard InChI is InChI=1S/C26H34N2O3S/c1-20(21-12-14-23(15-13-21)22-8-4-2-5-9-22)27-18-26(29)28(24-10-6-3-7-11-24)25-16-17-32(30,31)19-25/h2,4-5,8-9,12-15,20,24-25,27H,3,6-7,10-11,16-19H2,1H3/t20-,25+/m0/s1. The minimum absolute atomic E-state index is 0.0317. The predicted octanol–water partition coefficient (Wildman–Crippen LogP) is 4.35. The number of amides is 1. The molecule has 4 rings (SSSR count). The van der Waals surface area contributed by atoms with Gasteiger partial charge in [-0.2, -0.15) is 0 Å². The van der Waals surface area contributed by atoms with E-state index in [-0.39, 0.29) is 42.1 Å². The number of hydrogen-bond acceptors (Lipinski definition) is 4. The SMILES string of the molecule is C[C@H](NCC(=O)N(C1CCCCC1)[C@@H]1CCS(=O)(=O)C1)c1ccc(-c2ccccc2)cc1. The first kappa shape index (κ1) is 23.0. The number of hydrogen-bond donors (Lipinski definition) is 1. The van der Waals surface area contributed by atoms with Crippen molar-refractivity contribution in [1.29, 1.82) is 0 Å². The van der Waals surface area contributed by atoms with E-state index in [1.54, 1.807) is 0 Å². The number of carbonyl (C=O) groups excluding carboxylic acids is 1. The summed E-state index contributed by atoms with van der Waals surface area (Å²) in [4.78, 5) is 15.2. The Morgan fingerprint density at radius 1 is 0.938 bits per heavy atom. The molecule has 0 aromatic heterocycles. The van der Waals surface area contributed by atoms with Gasteiger partial charge in [-0.05, 0) is 42.9 Å². The third kappa shape index (κ3) is 5.59. The summed E-state index contributed by atoms with van der Waals surface area (Å²) < 4.78 is 24.2. The van der Waals surface area contributed by atoms with Crippen molar-refractivity contribution in [2.24, 2.45) is 0 Å². The molecule has 0 bridgehead atoms. The summed E-state index contributed by atoms with van der Waals surface area (Å²) in [5.41, 5.74) is 3.48. The van der Waals surface area contributed by atoms with Gasteiger partial charge in [-0.1, -0.05) is 73.9 Å². The molecule has 1 aliphatic heterocycles. The minimum Gasteiger partial charge on any atom is -0.335 e. The molecule has 1 aliphatic carbocycles. The second-order valence-corrected chi connectivity index (χ2v) is 11.5. The lowest BCUT2D eigenvalue weighted by atomic mass is 9.92. The van der Waals surface area contributed by atoms with Gasteiger partial charge in [0, 0.05) is 18.1 Å². The van der Waals surface area contributed by atoms with E-state index in [1.807, 2.05) is 23.1 Å². The Hall–Kier alpha value is -2.18. The monoisotopic (exact) mass is 454 g/mol. The van der Waals surface area contributed by atoms with Gasteiger partial charge in [-0.3, -0.25) is 4.79 Å². The van der Waals surface area contributed by atoms with Gasteiger partial charge in [0.2, 0.25) is 5.91 Å². The molecule has 1 saturated heterocycles. The van der Waals surface area contributed by atoms with Crippen molar-refractivity contribution in [2.75, 3.05) is 18.1 Å². The van der Waals surface area contributed by atoms with Gasteiger partial charge in [0.1, 0.15) is 0 Å². The molecule has 32 heavy (non-hydrogen) atoms. The van der Waals surface area contributed by atoms with Crippen LogP contribution < -0.4 is 5.32 Å². The third-order valence-corrected chi connectivity index (χ3v) is 8.69. The molecule has 1 N–H and O–H groups in total. The van der Waals surface area contributed by atoms with Crippen LogP contribution in [0.25, 0.3) is 11.1 Å². The summed E-state index contributed by atoms with van der Waals surface area (Å²) in [6.45, 7) is 2.30. The van der Waals surface area contributed by atoms with Gasteiger partial charge in [-0.25, -0.2) is 8.42 Å². The molecule has 2 aliphatic rings. The Kier molecular flexibility index (Phi) is 7.31. The number of carbonyl (C=O) groups is 1. The maximum absolute atomic E-state index is 13.3. The molecule has 1 saturated carbocycles. The molecule has 6 heteroatoms. The van der Waals surface area contributed by atoms with Crippen molar-refractivity contribution in [3.05, 3.63) is 60.2 Å². The number of sulfone groups is 1. The minimum atomic E-state index is -3.03. The molecule has 172 valence electrons. The molecule has 1 amide bonds. The maximum atomic E-state index is 13.3. The summed E-state index contributed by atoms with van der Waals surface area (Å²) >= 11 is 0. The van der Waals surface area contributed by atoms with Crippen LogP contribution in [0.2, 0.25) is 0 Å². The summed E-state index contributed by atoms with van der Waals surface area (Å²) in [5, 5.41) is 3.38. The third-order valence-electron chi connectivity index (χ3n) is 6.94. The molecule has 2 aromatic rings. The highest BCUT2D eigenvalue weighted by molar-refractivity contribution is 7.91. The van der Waals surface area contributed by atoms with Crippen molar-refractivity contribution >= 4 is 15.7 Å². The summed E-state index contributed by atoms with van der Waals surface area (Å²) in [5.74, 6) is 0.351. The van der Waals surface area contributed by atoms with Crippen molar-refractivity contribution < 1.29 is 13.2 Å². The summed E-state index contributed by atoms with van der Waals surface area (Å²) in [6, 6.07) is 18.7. The Labute approximate surface area is 192 Å². The Morgan fingerprint density at radius 3 is 2.22 bits per heavy atom. The van der Waals surface area contributed by atoms with Gasteiger partial charge in [-0.15, -0.1) is 0 Å². The molecule has 0 spiro atoms. The van der Waals surface area contributed by atoms with Crippen LogP contribution in [-0.2, 0) is 14.6 Å². The lowest BCUT2D eigenvalue weighted by Gasteiger charge is -2.38. The average molecular weight is 455 g/mol. The van der Waals surface area contributed by atoms with Crippen molar-refractivity contribution in [3.8, 4) is 11.1 Å². The zero-order valence-electron chi connectivity index (χ0n) is 18.9. The van der Waals surface area contributed by atoms with E-state index in [0.29, 0.717) is 6.42 Å². The van der Waals surface area contributed by atoms with Crippen LogP contribution in [0.15, 0.2) is 54.6 Å². The first-order valence-electron chi connectivity index (χ1n) is 11.8. The fourth-order valence-corrected chi connectivity index (χ4v) is 6.82.